The summed E-state index contributed by atoms with van der Waals surface area (Å²) in [5.41, 5.74) is 1.72. The van der Waals surface area contributed by atoms with Gasteiger partial charge in [-0.15, -0.1) is 0 Å². The van der Waals surface area contributed by atoms with Crippen LogP contribution in [0.5, 0.6) is 0 Å². The normalized spacial score (nSPS) is 13.1. The summed E-state index contributed by atoms with van der Waals surface area (Å²) in [6.45, 7) is 11.3. The van der Waals surface area contributed by atoms with Crippen LogP contribution in [0.3, 0.4) is 0 Å². The Hall–Kier alpha value is 0.290. The highest BCUT2D eigenvalue weighted by molar-refractivity contribution is 14.1. The monoisotopic (exact) mass is 380 g/mol. The number of nitrogens with zero attached hydrogens (tertiary/aromatic N) is 2. The molecule has 2 nitrogen and oxygen atoms in total. The summed E-state index contributed by atoms with van der Waals surface area (Å²) < 4.78 is 2.40. The van der Waals surface area contributed by atoms with E-state index in [4.69, 9.17) is 0 Å². The van der Waals surface area contributed by atoms with Crippen LogP contribution in [-0.2, 0) is 16.9 Å². The molecule has 0 bridgehead atoms. The molecule has 0 aliphatic carbocycles. The molecule has 0 N–H and O–H groups in total. The number of rotatable bonds is 5. The second-order valence-corrected chi connectivity index (χ2v) is 10.3. The van der Waals surface area contributed by atoms with E-state index in [2.05, 4.69) is 73.8 Å². The first kappa shape index (κ1) is 16.3. The molecule has 1 heterocycles. The minimum absolute atomic E-state index is 0.149. The fraction of sp³-hybridized carbons (Fsp3) is 0.786. The highest BCUT2D eigenvalue weighted by Crippen LogP contribution is 2.30. The molecule has 1 aromatic rings. The van der Waals surface area contributed by atoms with Gasteiger partial charge in [-0.25, -0.2) is 4.98 Å². The number of hydrogen-bond acceptors (Lipinski definition) is 2. The van der Waals surface area contributed by atoms with Crippen LogP contribution in [0.25, 0.3) is 0 Å². The van der Waals surface area contributed by atoms with Gasteiger partial charge in [0, 0.05) is 25.4 Å². The van der Waals surface area contributed by atoms with E-state index in [1.807, 2.05) is 18.0 Å². The number of hydrogen-bond donors (Lipinski definition) is 0. The number of halogens is 1. The van der Waals surface area contributed by atoms with E-state index < -0.39 is 0 Å². The lowest BCUT2D eigenvalue weighted by molar-refractivity contribution is 0.480. The molecule has 0 spiro atoms. The van der Waals surface area contributed by atoms with Crippen molar-refractivity contribution in [2.24, 2.45) is 12.5 Å². The van der Waals surface area contributed by atoms with Crippen LogP contribution in [0.1, 0.15) is 46.1 Å². The molecule has 1 rings (SSSR count). The van der Waals surface area contributed by atoms with E-state index >= 15 is 0 Å². The first-order valence-corrected chi connectivity index (χ1v) is 8.62. The Morgan fingerprint density at radius 3 is 2.33 bits per heavy atom. The lowest BCUT2D eigenvalue weighted by atomic mass is 10.0. The number of aromatic nitrogens is 2. The largest absolute Gasteiger partial charge is 0.334 e. The predicted molar refractivity (Wildman–Crippen MR) is 90.7 cm³/mol. The molecule has 104 valence electrons. The molecule has 0 aliphatic heterocycles. The zero-order chi connectivity index (χ0) is 14.0. The topological polar surface area (TPSA) is 17.8 Å². The van der Waals surface area contributed by atoms with Crippen LogP contribution in [0, 0.1) is 5.41 Å². The van der Waals surface area contributed by atoms with Crippen LogP contribution >= 0.6 is 34.4 Å². The maximum atomic E-state index is 4.56. The Balaban J connectivity index is 2.52. The number of aryl methyl sites for hydroxylation is 1. The second-order valence-electron chi connectivity index (χ2n) is 6.45. The highest BCUT2D eigenvalue weighted by atomic mass is 127. The minimum atomic E-state index is 0.149. The van der Waals surface area contributed by atoms with Crippen molar-refractivity contribution in [3.05, 3.63) is 17.7 Å². The molecule has 0 amide bonds. The van der Waals surface area contributed by atoms with Gasteiger partial charge in [-0.1, -0.05) is 43.4 Å². The molecule has 0 fully saturated rings. The van der Waals surface area contributed by atoms with Crippen molar-refractivity contribution >= 4 is 34.4 Å². The molecule has 0 saturated carbocycles. The number of thioether (sulfide) groups is 1. The van der Waals surface area contributed by atoms with Crippen LogP contribution < -0.4 is 0 Å². The highest BCUT2D eigenvalue weighted by Gasteiger charge is 2.21. The molecule has 0 atom stereocenters. The van der Waals surface area contributed by atoms with E-state index in [1.54, 1.807) is 0 Å². The number of alkyl halides is 1. The SMILES string of the molecule is Cn1c(C(C)(C)I)cnc1CCSCC(C)(C)C. The van der Waals surface area contributed by atoms with Crippen LogP contribution in [-0.4, -0.2) is 21.1 Å². The van der Waals surface area contributed by atoms with Crippen molar-refractivity contribution in [2.45, 2.75) is 44.5 Å². The summed E-state index contributed by atoms with van der Waals surface area (Å²) in [6.07, 6.45) is 3.08. The Morgan fingerprint density at radius 1 is 1.28 bits per heavy atom. The zero-order valence-corrected chi connectivity index (χ0v) is 15.4. The zero-order valence-electron chi connectivity index (χ0n) is 12.4. The van der Waals surface area contributed by atoms with Gasteiger partial charge < -0.3 is 4.57 Å². The van der Waals surface area contributed by atoms with E-state index in [9.17, 15) is 0 Å². The van der Waals surface area contributed by atoms with Gasteiger partial charge in [-0.3, -0.25) is 0 Å². The van der Waals surface area contributed by atoms with Gasteiger partial charge in [0.05, 0.1) is 9.12 Å². The molecule has 0 aromatic carbocycles. The Bertz CT molecular complexity index is 385. The molecule has 1 aromatic heterocycles. The molecule has 0 radical (unpaired) electrons. The van der Waals surface area contributed by atoms with Crippen molar-refractivity contribution in [3.8, 4) is 0 Å². The van der Waals surface area contributed by atoms with E-state index in [1.165, 1.54) is 17.3 Å². The summed E-state index contributed by atoms with van der Waals surface area (Å²) in [5.74, 6) is 3.57. The van der Waals surface area contributed by atoms with Crippen molar-refractivity contribution in [3.63, 3.8) is 0 Å². The van der Waals surface area contributed by atoms with E-state index in [-0.39, 0.29) is 3.42 Å². The third-order valence-electron chi connectivity index (χ3n) is 2.70. The van der Waals surface area contributed by atoms with Gasteiger partial charge in [0.2, 0.25) is 0 Å². The lowest BCUT2D eigenvalue weighted by Crippen LogP contribution is -2.14. The van der Waals surface area contributed by atoms with Crippen LogP contribution in [0.15, 0.2) is 6.20 Å². The summed E-state index contributed by atoms with van der Waals surface area (Å²) in [5, 5.41) is 0. The Morgan fingerprint density at radius 2 is 1.89 bits per heavy atom. The van der Waals surface area contributed by atoms with Gasteiger partial charge in [-0.2, -0.15) is 11.8 Å². The maximum absolute atomic E-state index is 4.56. The minimum Gasteiger partial charge on any atom is -0.334 e. The second kappa shape index (κ2) is 6.16. The van der Waals surface area contributed by atoms with Crippen LogP contribution in [0.4, 0.5) is 0 Å². The molecule has 4 heteroatoms. The summed E-state index contributed by atoms with van der Waals surface area (Å²) >= 11 is 4.50. The summed E-state index contributed by atoms with van der Waals surface area (Å²) in [6, 6.07) is 0. The standard InChI is InChI=1S/C14H25IN2S/c1-13(2,3)10-18-8-7-12-16-9-11(17(12)6)14(4,5)15/h9H,7-8,10H2,1-6H3. The van der Waals surface area contributed by atoms with E-state index in [0.717, 1.165) is 12.2 Å². The number of imidazole rings is 1. The van der Waals surface area contributed by atoms with Crippen LogP contribution in [0.2, 0.25) is 0 Å². The summed E-state index contributed by atoms with van der Waals surface area (Å²) in [7, 11) is 2.13. The van der Waals surface area contributed by atoms with Gasteiger partial charge in [0.1, 0.15) is 5.82 Å². The Labute approximate surface area is 129 Å². The molecule has 0 aliphatic rings. The van der Waals surface area contributed by atoms with Crippen molar-refractivity contribution in [1.82, 2.24) is 9.55 Å². The third kappa shape index (κ3) is 5.11. The van der Waals surface area contributed by atoms with Gasteiger partial charge in [0.15, 0.2) is 0 Å². The third-order valence-corrected chi connectivity index (χ3v) is 4.81. The van der Waals surface area contributed by atoms with Gasteiger partial charge >= 0.3 is 0 Å². The summed E-state index contributed by atoms with van der Waals surface area (Å²) in [4.78, 5) is 4.56. The Kier molecular flexibility index (Phi) is 5.59. The smallest absolute Gasteiger partial charge is 0.109 e. The van der Waals surface area contributed by atoms with Crippen molar-refractivity contribution < 1.29 is 0 Å². The fourth-order valence-corrected chi connectivity index (χ4v) is 3.36. The molecule has 18 heavy (non-hydrogen) atoms. The van der Waals surface area contributed by atoms with Crippen molar-refractivity contribution in [1.29, 1.82) is 0 Å². The molecule has 0 unspecified atom stereocenters. The fourth-order valence-electron chi connectivity index (χ4n) is 1.77. The van der Waals surface area contributed by atoms with E-state index in [0.29, 0.717) is 5.41 Å². The van der Waals surface area contributed by atoms with Crippen molar-refractivity contribution in [2.75, 3.05) is 11.5 Å². The molecular weight excluding hydrogens is 355 g/mol. The first-order chi connectivity index (χ1) is 8.11. The average Bonchev–Trinajstić information content (AvgIpc) is 2.53. The van der Waals surface area contributed by atoms with Gasteiger partial charge in [-0.05, 0) is 25.0 Å². The lowest BCUT2D eigenvalue weighted by Gasteiger charge is -2.18. The maximum Gasteiger partial charge on any atom is 0.109 e. The van der Waals surface area contributed by atoms with Gasteiger partial charge in [0.25, 0.3) is 0 Å². The molecular formula is C14H25IN2S. The average molecular weight is 380 g/mol. The predicted octanol–water partition coefficient (Wildman–Crippen LogP) is 4.41. The molecule has 0 saturated heterocycles. The first-order valence-electron chi connectivity index (χ1n) is 6.39. The quantitative estimate of drug-likeness (QED) is 0.428.